The van der Waals surface area contributed by atoms with E-state index in [9.17, 15) is 9.59 Å². The second kappa shape index (κ2) is 9.57. The van der Waals surface area contributed by atoms with E-state index in [1.807, 2.05) is 0 Å². The van der Waals surface area contributed by atoms with Crippen LogP contribution in [0.3, 0.4) is 0 Å². The van der Waals surface area contributed by atoms with Crippen LogP contribution in [0.4, 0.5) is 0 Å². The van der Waals surface area contributed by atoms with Crippen LogP contribution in [0.2, 0.25) is 0 Å². The van der Waals surface area contributed by atoms with E-state index in [2.05, 4.69) is 20.0 Å². The number of hydrogen-bond acceptors (Lipinski definition) is 4. The van der Waals surface area contributed by atoms with Gasteiger partial charge in [0.1, 0.15) is 0 Å². The summed E-state index contributed by atoms with van der Waals surface area (Å²) in [6.45, 7) is 6.27. The fourth-order valence-corrected chi connectivity index (χ4v) is 5.30. The van der Waals surface area contributed by atoms with E-state index in [1.165, 1.54) is 38.5 Å². The zero-order valence-electron chi connectivity index (χ0n) is 17.4. The summed E-state index contributed by atoms with van der Waals surface area (Å²) in [7, 11) is 0. The van der Waals surface area contributed by atoms with Crippen LogP contribution in [-0.4, -0.2) is 84.4 Å². The zero-order valence-corrected chi connectivity index (χ0v) is 17.4. The minimum absolute atomic E-state index is 0.243. The van der Waals surface area contributed by atoms with Gasteiger partial charge in [-0.2, -0.15) is 0 Å². The number of nitrogens with one attached hydrogen (secondary N) is 1. The van der Waals surface area contributed by atoms with Gasteiger partial charge in [-0.25, -0.2) is 0 Å². The van der Waals surface area contributed by atoms with Crippen molar-refractivity contribution >= 4 is 11.8 Å². The van der Waals surface area contributed by atoms with E-state index in [4.69, 9.17) is 0 Å². The van der Waals surface area contributed by atoms with Crippen molar-refractivity contribution in [3.8, 4) is 0 Å². The van der Waals surface area contributed by atoms with Crippen LogP contribution in [0, 0.1) is 5.92 Å². The van der Waals surface area contributed by atoms with Gasteiger partial charge in [-0.3, -0.25) is 19.4 Å². The molecular formula is C22H38N4O2. The van der Waals surface area contributed by atoms with Gasteiger partial charge in [0.15, 0.2) is 0 Å². The van der Waals surface area contributed by atoms with E-state index in [0.717, 1.165) is 71.0 Å². The lowest BCUT2D eigenvalue weighted by atomic mass is 9.88. The molecule has 0 aromatic rings. The first-order valence-electron chi connectivity index (χ1n) is 11.7. The monoisotopic (exact) mass is 390 g/mol. The summed E-state index contributed by atoms with van der Waals surface area (Å²) in [5.74, 6) is 0.809. The quantitative estimate of drug-likeness (QED) is 0.778. The molecule has 0 unspecified atom stereocenters. The van der Waals surface area contributed by atoms with Gasteiger partial charge in [0.25, 0.3) is 0 Å². The summed E-state index contributed by atoms with van der Waals surface area (Å²) in [5.41, 5.74) is 0. The van der Waals surface area contributed by atoms with E-state index >= 15 is 0 Å². The number of piperidine rings is 1. The third kappa shape index (κ3) is 5.07. The minimum Gasteiger partial charge on any atom is -0.353 e. The molecule has 4 aliphatic rings. The van der Waals surface area contributed by atoms with Crippen molar-refractivity contribution in [3.63, 3.8) is 0 Å². The van der Waals surface area contributed by atoms with Crippen LogP contribution in [0.25, 0.3) is 0 Å². The number of likely N-dealkylation sites (tertiary alicyclic amines) is 1. The van der Waals surface area contributed by atoms with Crippen LogP contribution in [0.1, 0.15) is 64.2 Å². The Hall–Kier alpha value is -1.14. The third-order valence-corrected chi connectivity index (χ3v) is 7.53. The van der Waals surface area contributed by atoms with Gasteiger partial charge in [0.2, 0.25) is 11.8 Å². The maximum absolute atomic E-state index is 12.7. The molecule has 2 saturated heterocycles. The fraction of sp³-hybridized carbons (Fsp3) is 0.909. The lowest BCUT2D eigenvalue weighted by Crippen LogP contribution is -2.55. The Morgan fingerprint density at radius 3 is 2.04 bits per heavy atom. The number of piperazine rings is 1. The first-order valence-corrected chi connectivity index (χ1v) is 11.7. The second-order valence-corrected chi connectivity index (χ2v) is 9.40. The van der Waals surface area contributed by atoms with Gasteiger partial charge in [-0.15, -0.1) is 0 Å². The second-order valence-electron chi connectivity index (χ2n) is 9.40. The maximum atomic E-state index is 12.7. The number of carbonyl (C=O) groups excluding carboxylic acids is 2. The molecule has 2 aliphatic heterocycles. The van der Waals surface area contributed by atoms with E-state index in [0.29, 0.717) is 12.6 Å². The van der Waals surface area contributed by atoms with E-state index in [-0.39, 0.29) is 17.7 Å². The van der Waals surface area contributed by atoms with Crippen molar-refractivity contribution in [1.82, 2.24) is 20.0 Å². The first kappa shape index (κ1) is 20.1. The van der Waals surface area contributed by atoms with Gasteiger partial charge >= 0.3 is 0 Å². The summed E-state index contributed by atoms with van der Waals surface area (Å²) < 4.78 is 0. The molecule has 4 rings (SSSR count). The molecule has 0 bridgehead atoms. The molecular weight excluding hydrogens is 352 g/mol. The average Bonchev–Trinajstić information content (AvgIpc) is 2.69. The molecule has 0 atom stereocenters. The number of nitrogens with zero attached hydrogens (tertiary/aromatic N) is 3. The normalized spacial score (nSPS) is 26.8. The molecule has 2 heterocycles. The third-order valence-electron chi connectivity index (χ3n) is 7.53. The van der Waals surface area contributed by atoms with Crippen LogP contribution in [-0.2, 0) is 9.59 Å². The lowest BCUT2D eigenvalue weighted by Gasteiger charge is -2.43. The number of amides is 2. The highest BCUT2D eigenvalue weighted by Crippen LogP contribution is 2.26. The van der Waals surface area contributed by atoms with Crippen LogP contribution < -0.4 is 5.32 Å². The highest BCUT2D eigenvalue weighted by atomic mass is 16.2. The molecule has 28 heavy (non-hydrogen) atoms. The molecule has 6 nitrogen and oxygen atoms in total. The standard InChI is InChI=1S/C22H38N4O2/c27-21(26-15-13-25(14-16-26)20-7-4-8-20)17-24-11-9-19(10-12-24)23-22(28)18-5-2-1-3-6-18/h18-20H,1-17H2,(H,23,28). The van der Waals surface area contributed by atoms with Crippen LogP contribution in [0.5, 0.6) is 0 Å². The van der Waals surface area contributed by atoms with Crippen molar-refractivity contribution in [1.29, 1.82) is 0 Å². The molecule has 2 saturated carbocycles. The van der Waals surface area contributed by atoms with Gasteiger partial charge in [0.05, 0.1) is 6.54 Å². The van der Waals surface area contributed by atoms with E-state index in [1.54, 1.807) is 0 Å². The first-order chi connectivity index (χ1) is 13.7. The maximum Gasteiger partial charge on any atom is 0.236 e. The van der Waals surface area contributed by atoms with Gasteiger partial charge < -0.3 is 10.2 Å². The Bertz CT molecular complexity index is 529. The molecule has 158 valence electrons. The summed E-state index contributed by atoms with van der Waals surface area (Å²) in [6.07, 6.45) is 11.8. The summed E-state index contributed by atoms with van der Waals surface area (Å²) >= 11 is 0. The lowest BCUT2D eigenvalue weighted by molar-refractivity contribution is -0.135. The molecule has 6 heteroatoms. The molecule has 0 aromatic carbocycles. The summed E-state index contributed by atoms with van der Waals surface area (Å²) in [5, 5.41) is 3.29. The minimum atomic E-state index is 0.243. The molecule has 2 amide bonds. The Morgan fingerprint density at radius 1 is 0.750 bits per heavy atom. The van der Waals surface area contributed by atoms with Crippen LogP contribution in [0.15, 0.2) is 0 Å². The predicted molar refractivity (Wildman–Crippen MR) is 110 cm³/mol. The molecule has 2 aliphatic carbocycles. The van der Waals surface area contributed by atoms with Gasteiger partial charge in [-0.1, -0.05) is 25.7 Å². The fourth-order valence-electron chi connectivity index (χ4n) is 5.30. The Kier molecular flexibility index (Phi) is 6.89. The summed E-state index contributed by atoms with van der Waals surface area (Å²) in [6, 6.07) is 1.09. The van der Waals surface area contributed by atoms with Crippen LogP contribution >= 0.6 is 0 Å². The molecule has 0 aromatic heterocycles. The zero-order chi connectivity index (χ0) is 19.3. The van der Waals surface area contributed by atoms with Crippen molar-refractivity contribution in [3.05, 3.63) is 0 Å². The molecule has 4 fully saturated rings. The number of carbonyl (C=O) groups is 2. The Labute approximate surface area is 170 Å². The van der Waals surface area contributed by atoms with E-state index < -0.39 is 0 Å². The highest BCUT2D eigenvalue weighted by molar-refractivity contribution is 5.79. The van der Waals surface area contributed by atoms with Crippen molar-refractivity contribution in [2.75, 3.05) is 45.8 Å². The van der Waals surface area contributed by atoms with Crippen molar-refractivity contribution in [2.45, 2.75) is 76.3 Å². The Morgan fingerprint density at radius 2 is 1.43 bits per heavy atom. The molecule has 1 N–H and O–H groups in total. The molecule has 0 spiro atoms. The van der Waals surface area contributed by atoms with Crippen molar-refractivity contribution < 1.29 is 9.59 Å². The van der Waals surface area contributed by atoms with Gasteiger partial charge in [-0.05, 0) is 38.5 Å². The van der Waals surface area contributed by atoms with Crippen molar-refractivity contribution in [2.24, 2.45) is 5.92 Å². The average molecular weight is 391 g/mol. The number of rotatable bonds is 5. The SMILES string of the molecule is O=C(NC1CCN(CC(=O)N2CCN(C3CCC3)CC2)CC1)C1CCCCC1. The van der Waals surface area contributed by atoms with Gasteiger partial charge in [0, 0.05) is 57.3 Å². The number of hydrogen-bond donors (Lipinski definition) is 1. The molecule has 0 radical (unpaired) electrons. The highest BCUT2D eigenvalue weighted by Gasteiger charge is 2.31. The predicted octanol–water partition coefficient (Wildman–Crippen LogP) is 1.84. The summed E-state index contributed by atoms with van der Waals surface area (Å²) in [4.78, 5) is 32.1. The smallest absolute Gasteiger partial charge is 0.236 e. The topological polar surface area (TPSA) is 55.9 Å². The Balaban J connectivity index is 1.13. The largest absolute Gasteiger partial charge is 0.353 e.